The topological polar surface area (TPSA) is 66.6 Å². The van der Waals surface area contributed by atoms with Crippen LogP contribution >= 0.6 is 0 Å². The highest BCUT2D eigenvalue weighted by molar-refractivity contribution is 5.87. The molecule has 2 atom stereocenters. The largest absolute Gasteiger partial charge is 0.394 e. The predicted octanol–water partition coefficient (Wildman–Crippen LogP) is 0.487. The van der Waals surface area contributed by atoms with Crippen LogP contribution < -0.4 is 5.73 Å². The molecule has 0 spiro atoms. The third-order valence-corrected chi connectivity index (χ3v) is 4.25. The lowest BCUT2D eigenvalue weighted by Crippen LogP contribution is -2.55. The van der Waals surface area contributed by atoms with Crippen molar-refractivity contribution in [2.24, 2.45) is 11.7 Å². The maximum atomic E-state index is 12.4. The van der Waals surface area contributed by atoms with Crippen LogP contribution in [-0.2, 0) is 4.79 Å². The van der Waals surface area contributed by atoms with Crippen LogP contribution in [0.4, 0.5) is 0 Å². The molecule has 1 saturated heterocycles. The molecule has 0 radical (unpaired) electrons. The molecule has 2 unspecified atom stereocenters. The van der Waals surface area contributed by atoms with E-state index in [9.17, 15) is 9.90 Å². The third kappa shape index (κ3) is 1.84. The van der Waals surface area contributed by atoms with E-state index in [1.807, 2.05) is 4.90 Å². The Morgan fingerprint density at radius 3 is 2.69 bits per heavy atom. The molecule has 16 heavy (non-hydrogen) atoms. The van der Waals surface area contributed by atoms with Gasteiger partial charge in [-0.1, -0.05) is 19.8 Å². The quantitative estimate of drug-likeness (QED) is 0.720. The first-order valence-corrected chi connectivity index (χ1v) is 6.29. The minimum absolute atomic E-state index is 0.0199. The van der Waals surface area contributed by atoms with Gasteiger partial charge in [0.05, 0.1) is 18.2 Å². The molecule has 2 aliphatic rings. The minimum atomic E-state index is -0.641. The molecular weight excluding hydrogens is 204 g/mol. The van der Waals surface area contributed by atoms with Gasteiger partial charge in [0.1, 0.15) is 0 Å². The molecular formula is C12H22N2O2. The summed E-state index contributed by atoms with van der Waals surface area (Å²) in [5.74, 6) is 0.451. The lowest BCUT2D eigenvalue weighted by molar-refractivity contribution is -0.138. The zero-order valence-electron chi connectivity index (χ0n) is 9.98. The molecule has 1 aliphatic heterocycles. The number of hydrogen-bond acceptors (Lipinski definition) is 3. The molecule has 0 aromatic rings. The monoisotopic (exact) mass is 226 g/mol. The Labute approximate surface area is 96.8 Å². The van der Waals surface area contributed by atoms with Gasteiger partial charge >= 0.3 is 0 Å². The SMILES string of the molecule is CC1CCN(C(=O)C2(N)CCCC2)C1CO. The summed E-state index contributed by atoms with van der Waals surface area (Å²) in [7, 11) is 0. The van der Waals surface area contributed by atoms with E-state index in [0.29, 0.717) is 5.92 Å². The number of nitrogens with zero attached hydrogens (tertiary/aromatic N) is 1. The van der Waals surface area contributed by atoms with Gasteiger partial charge in [-0.15, -0.1) is 0 Å². The number of hydrogen-bond donors (Lipinski definition) is 2. The van der Waals surface area contributed by atoms with Crippen molar-refractivity contribution in [1.29, 1.82) is 0 Å². The first-order valence-electron chi connectivity index (χ1n) is 6.29. The zero-order valence-corrected chi connectivity index (χ0v) is 9.98. The van der Waals surface area contributed by atoms with E-state index in [-0.39, 0.29) is 18.6 Å². The highest BCUT2D eigenvalue weighted by Gasteiger charge is 2.44. The standard InChI is InChI=1S/C12H22N2O2/c1-9-4-7-14(10(9)8-15)11(16)12(13)5-2-3-6-12/h9-10,15H,2-8,13H2,1H3. The number of nitrogens with two attached hydrogens (primary N) is 1. The summed E-state index contributed by atoms with van der Waals surface area (Å²) in [4.78, 5) is 14.2. The van der Waals surface area contributed by atoms with Crippen LogP contribution in [0.3, 0.4) is 0 Å². The Kier molecular flexibility index (Phi) is 3.22. The summed E-state index contributed by atoms with van der Waals surface area (Å²) >= 11 is 0. The van der Waals surface area contributed by atoms with Crippen molar-refractivity contribution in [3.05, 3.63) is 0 Å². The van der Waals surface area contributed by atoms with Crippen LogP contribution in [0.15, 0.2) is 0 Å². The van der Waals surface area contributed by atoms with Crippen LogP contribution in [0.1, 0.15) is 39.0 Å². The molecule has 1 saturated carbocycles. The first-order chi connectivity index (χ1) is 7.58. The van der Waals surface area contributed by atoms with E-state index in [4.69, 9.17) is 5.73 Å². The number of aliphatic hydroxyl groups excluding tert-OH is 1. The minimum Gasteiger partial charge on any atom is -0.394 e. The van der Waals surface area contributed by atoms with Gasteiger partial charge in [-0.3, -0.25) is 4.79 Å². The molecule has 1 amide bonds. The van der Waals surface area contributed by atoms with Gasteiger partial charge in [0.15, 0.2) is 0 Å². The van der Waals surface area contributed by atoms with Crippen molar-refractivity contribution in [3.63, 3.8) is 0 Å². The number of amides is 1. The molecule has 2 fully saturated rings. The maximum absolute atomic E-state index is 12.4. The average molecular weight is 226 g/mol. The van der Waals surface area contributed by atoms with E-state index in [2.05, 4.69) is 6.92 Å². The van der Waals surface area contributed by atoms with Crippen LogP contribution in [0.25, 0.3) is 0 Å². The molecule has 4 heteroatoms. The fourth-order valence-corrected chi connectivity index (χ4v) is 3.04. The Morgan fingerprint density at radius 1 is 1.50 bits per heavy atom. The highest BCUT2D eigenvalue weighted by Crippen LogP contribution is 2.33. The van der Waals surface area contributed by atoms with Crippen molar-refractivity contribution in [2.45, 2.75) is 50.6 Å². The fourth-order valence-electron chi connectivity index (χ4n) is 3.04. The average Bonchev–Trinajstić information content (AvgIpc) is 2.84. The van der Waals surface area contributed by atoms with Crippen molar-refractivity contribution in [3.8, 4) is 0 Å². The Morgan fingerprint density at radius 2 is 2.12 bits per heavy atom. The van der Waals surface area contributed by atoms with Crippen LogP contribution in [0.5, 0.6) is 0 Å². The summed E-state index contributed by atoms with van der Waals surface area (Å²) in [6, 6.07) is -0.0199. The molecule has 1 heterocycles. The smallest absolute Gasteiger partial charge is 0.242 e. The van der Waals surface area contributed by atoms with Crippen LogP contribution in [-0.4, -0.2) is 40.6 Å². The lowest BCUT2D eigenvalue weighted by atomic mass is 9.96. The molecule has 0 aromatic carbocycles. The van der Waals surface area contributed by atoms with Crippen molar-refractivity contribution >= 4 is 5.91 Å². The molecule has 2 rings (SSSR count). The summed E-state index contributed by atoms with van der Waals surface area (Å²) in [6.07, 6.45) is 4.68. The third-order valence-electron chi connectivity index (χ3n) is 4.25. The van der Waals surface area contributed by atoms with Crippen molar-refractivity contribution < 1.29 is 9.90 Å². The molecule has 0 bridgehead atoms. The van der Waals surface area contributed by atoms with Gasteiger partial charge in [-0.2, -0.15) is 0 Å². The normalized spacial score (nSPS) is 33.3. The van der Waals surface area contributed by atoms with Gasteiger partial charge in [0.25, 0.3) is 0 Å². The van der Waals surface area contributed by atoms with Gasteiger partial charge in [0.2, 0.25) is 5.91 Å². The Hall–Kier alpha value is -0.610. The highest BCUT2D eigenvalue weighted by atomic mass is 16.3. The van der Waals surface area contributed by atoms with E-state index in [1.165, 1.54) is 0 Å². The summed E-state index contributed by atoms with van der Waals surface area (Å²) in [6.45, 7) is 2.90. The Balaban J connectivity index is 2.09. The molecule has 92 valence electrons. The zero-order chi connectivity index (χ0) is 11.8. The van der Waals surface area contributed by atoms with Gasteiger partial charge in [-0.05, 0) is 25.2 Å². The molecule has 1 aliphatic carbocycles. The van der Waals surface area contributed by atoms with E-state index in [0.717, 1.165) is 38.6 Å². The second kappa shape index (κ2) is 4.34. The lowest BCUT2D eigenvalue weighted by Gasteiger charge is -2.33. The van der Waals surface area contributed by atoms with Gasteiger partial charge in [0, 0.05) is 6.54 Å². The molecule has 0 aromatic heterocycles. The second-order valence-electron chi connectivity index (χ2n) is 5.38. The maximum Gasteiger partial charge on any atom is 0.242 e. The van der Waals surface area contributed by atoms with Crippen LogP contribution in [0.2, 0.25) is 0 Å². The number of likely N-dealkylation sites (tertiary alicyclic amines) is 1. The second-order valence-corrected chi connectivity index (χ2v) is 5.38. The van der Waals surface area contributed by atoms with Crippen molar-refractivity contribution in [2.75, 3.05) is 13.2 Å². The fraction of sp³-hybridized carbons (Fsp3) is 0.917. The summed E-state index contributed by atoms with van der Waals surface area (Å²) in [5.41, 5.74) is 5.53. The summed E-state index contributed by atoms with van der Waals surface area (Å²) in [5, 5.41) is 9.35. The number of carbonyl (C=O) groups excluding carboxylic acids is 1. The first kappa shape index (κ1) is 11.9. The van der Waals surface area contributed by atoms with E-state index < -0.39 is 5.54 Å². The van der Waals surface area contributed by atoms with Crippen molar-refractivity contribution in [1.82, 2.24) is 4.90 Å². The Bertz CT molecular complexity index is 274. The number of carbonyl (C=O) groups is 1. The van der Waals surface area contributed by atoms with E-state index in [1.54, 1.807) is 0 Å². The molecule has 3 N–H and O–H groups in total. The van der Waals surface area contributed by atoms with E-state index >= 15 is 0 Å². The molecule has 4 nitrogen and oxygen atoms in total. The number of aliphatic hydroxyl groups is 1. The van der Waals surface area contributed by atoms with Gasteiger partial charge < -0.3 is 15.7 Å². The number of rotatable bonds is 2. The predicted molar refractivity (Wildman–Crippen MR) is 61.8 cm³/mol. The van der Waals surface area contributed by atoms with Crippen LogP contribution in [0, 0.1) is 5.92 Å². The van der Waals surface area contributed by atoms with Gasteiger partial charge in [-0.25, -0.2) is 0 Å². The summed E-state index contributed by atoms with van der Waals surface area (Å²) < 4.78 is 0.